The highest BCUT2D eigenvalue weighted by Crippen LogP contribution is 2.39. The van der Waals surface area contributed by atoms with Crippen LogP contribution >= 0.6 is 11.6 Å². The molecule has 16 heavy (non-hydrogen) atoms. The van der Waals surface area contributed by atoms with Gasteiger partial charge >= 0.3 is 5.97 Å². The second-order valence-electron chi connectivity index (χ2n) is 3.14. The van der Waals surface area contributed by atoms with Crippen molar-refractivity contribution in [2.45, 2.75) is 5.92 Å². The van der Waals surface area contributed by atoms with Gasteiger partial charge in [-0.25, -0.2) is 0 Å². The van der Waals surface area contributed by atoms with Crippen molar-refractivity contribution in [1.29, 1.82) is 0 Å². The first kappa shape index (κ1) is 12.6. The average molecular weight is 246 g/mol. The summed E-state index contributed by atoms with van der Waals surface area (Å²) in [4.78, 5) is 11.0. The van der Waals surface area contributed by atoms with Crippen molar-refractivity contribution >= 4 is 17.6 Å². The van der Waals surface area contributed by atoms with Crippen molar-refractivity contribution in [3.05, 3.63) is 22.7 Å². The SMILES string of the molecule is COc1c(O)ccc(Cl)c1C(CN)C(=O)O. The molecule has 0 aliphatic rings. The van der Waals surface area contributed by atoms with E-state index in [0.717, 1.165) is 0 Å². The summed E-state index contributed by atoms with van der Waals surface area (Å²) in [5, 5.41) is 18.7. The van der Waals surface area contributed by atoms with Crippen LogP contribution in [-0.2, 0) is 4.79 Å². The number of aliphatic carboxylic acids is 1. The summed E-state index contributed by atoms with van der Waals surface area (Å²) in [5.74, 6) is -2.24. The summed E-state index contributed by atoms with van der Waals surface area (Å²) >= 11 is 5.89. The van der Waals surface area contributed by atoms with Crippen LogP contribution in [0.5, 0.6) is 11.5 Å². The maximum atomic E-state index is 11.0. The van der Waals surface area contributed by atoms with Crippen LogP contribution in [0, 0.1) is 0 Å². The zero-order valence-corrected chi connectivity index (χ0v) is 9.36. The maximum Gasteiger partial charge on any atom is 0.312 e. The van der Waals surface area contributed by atoms with Gasteiger partial charge < -0.3 is 20.7 Å². The Kier molecular flexibility index (Phi) is 3.98. The Morgan fingerprint density at radius 3 is 2.69 bits per heavy atom. The largest absolute Gasteiger partial charge is 0.504 e. The molecule has 0 saturated heterocycles. The van der Waals surface area contributed by atoms with E-state index in [1.54, 1.807) is 0 Å². The smallest absolute Gasteiger partial charge is 0.312 e. The van der Waals surface area contributed by atoms with Gasteiger partial charge in [0.15, 0.2) is 11.5 Å². The molecule has 1 atom stereocenters. The molecule has 0 radical (unpaired) electrons. The Balaban J connectivity index is 3.39. The highest BCUT2D eigenvalue weighted by molar-refractivity contribution is 6.32. The molecule has 0 spiro atoms. The van der Waals surface area contributed by atoms with Crippen LogP contribution in [0.2, 0.25) is 5.02 Å². The fraction of sp³-hybridized carbons (Fsp3) is 0.300. The minimum atomic E-state index is -1.12. The zero-order valence-electron chi connectivity index (χ0n) is 8.61. The summed E-state index contributed by atoms with van der Waals surface area (Å²) in [6.45, 7) is -0.130. The number of aromatic hydroxyl groups is 1. The van der Waals surface area contributed by atoms with Gasteiger partial charge in [-0.05, 0) is 12.1 Å². The number of phenols is 1. The van der Waals surface area contributed by atoms with E-state index in [9.17, 15) is 9.90 Å². The lowest BCUT2D eigenvalue weighted by Gasteiger charge is -2.16. The maximum absolute atomic E-state index is 11.0. The van der Waals surface area contributed by atoms with Gasteiger partial charge in [0.25, 0.3) is 0 Å². The van der Waals surface area contributed by atoms with E-state index >= 15 is 0 Å². The van der Waals surface area contributed by atoms with E-state index < -0.39 is 11.9 Å². The van der Waals surface area contributed by atoms with E-state index in [0.29, 0.717) is 0 Å². The van der Waals surface area contributed by atoms with Crippen molar-refractivity contribution in [2.75, 3.05) is 13.7 Å². The van der Waals surface area contributed by atoms with E-state index in [-0.39, 0.29) is 28.6 Å². The Bertz CT molecular complexity index is 408. The van der Waals surface area contributed by atoms with Gasteiger partial charge in [-0.3, -0.25) is 4.79 Å². The van der Waals surface area contributed by atoms with E-state index in [4.69, 9.17) is 27.2 Å². The third-order valence-corrected chi connectivity index (χ3v) is 2.54. The molecule has 1 aromatic carbocycles. The second kappa shape index (κ2) is 5.05. The minimum Gasteiger partial charge on any atom is -0.504 e. The molecule has 0 heterocycles. The van der Waals surface area contributed by atoms with Crippen LogP contribution in [0.25, 0.3) is 0 Å². The molecule has 88 valence electrons. The molecule has 0 fully saturated rings. The quantitative estimate of drug-likeness (QED) is 0.741. The average Bonchev–Trinajstić information content (AvgIpc) is 2.24. The summed E-state index contributed by atoms with van der Waals surface area (Å²) in [7, 11) is 1.32. The first-order valence-electron chi connectivity index (χ1n) is 4.51. The number of ether oxygens (including phenoxy) is 1. The van der Waals surface area contributed by atoms with Gasteiger partial charge in [0.2, 0.25) is 0 Å². The minimum absolute atomic E-state index is 0.0466. The summed E-state index contributed by atoms with van der Waals surface area (Å²) in [6.07, 6.45) is 0. The molecule has 1 rings (SSSR count). The lowest BCUT2D eigenvalue weighted by molar-refractivity contribution is -0.138. The summed E-state index contributed by atoms with van der Waals surface area (Å²) in [5.41, 5.74) is 5.57. The van der Waals surface area contributed by atoms with Gasteiger partial charge in [-0.2, -0.15) is 0 Å². The number of hydrogen-bond donors (Lipinski definition) is 3. The molecule has 1 aromatic rings. The van der Waals surface area contributed by atoms with Gasteiger partial charge in [0, 0.05) is 17.1 Å². The molecule has 4 N–H and O–H groups in total. The second-order valence-corrected chi connectivity index (χ2v) is 3.55. The van der Waals surface area contributed by atoms with E-state index in [1.807, 2.05) is 0 Å². The number of phenolic OH excluding ortho intramolecular Hbond substituents is 1. The highest BCUT2D eigenvalue weighted by atomic mass is 35.5. The first-order chi connectivity index (χ1) is 7.52. The van der Waals surface area contributed by atoms with Crippen LogP contribution < -0.4 is 10.5 Å². The van der Waals surface area contributed by atoms with Crippen LogP contribution in [0.3, 0.4) is 0 Å². The van der Waals surface area contributed by atoms with Crippen molar-refractivity contribution in [3.8, 4) is 11.5 Å². The number of carbonyl (C=O) groups is 1. The Morgan fingerprint density at radius 2 is 2.25 bits per heavy atom. The molecular formula is C10H12ClNO4. The van der Waals surface area contributed by atoms with Gasteiger partial charge in [-0.1, -0.05) is 11.6 Å². The molecule has 0 bridgehead atoms. The van der Waals surface area contributed by atoms with Crippen LogP contribution in [0.4, 0.5) is 0 Å². The Morgan fingerprint density at radius 1 is 1.62 bits per heavy atom. The molecule has 0 aliphatic carbocycles. The van der Waals surface area contributed by atoms with Crippen molar-refractivity contribution < 1.29 is 19.7 Å². The van der Waals surface area contributed by atoms with E-state index in [1.165, 1.54) is 19.2 Å². The third-order valence-electron chi connectivity index (χ3n) is 2.21. The monoisotopic (exact) mass is 245 g/mol. The van der Waals surface area contributed by atoms with Crippen molar-refractivity contribution in [1.82, 2.24) is 0 Å². The number of halogens is 1. The first-order valence-corrected chi connectivity index (χ1v) is 4.89. The molecule has 0 saturated carbocycles. The van der Waals surface area contributed by atoms with Crippen molar-refractivity contribution in [3.63, 3.8) is 0 Å². The number of nitrogens with two attached hydrogens (primary N) is 1. The number of rotatable bonds is 4. The fourth-order valence-electron chi connectivity index (χ4n) is 1.45. The number of hydrogen-bond acceptors (Lipinski definition) is 4. The van der Waals surface area contributed by atoms with Gasteiger partial charge in [-0.15, -0.1) is 0 Å². The number of methoxy groups -OCH3 is 1. The van der Waals surface area contributed by atoms with Gasteiger partial charge in [0.05, 0.1) is 13.0 Å². The van der Waals surface area contributed by atoms with Gasteiger partial charge in [0.1, 0.15) is 0 Å². The summed E-state index contributed by atoms with van der Waals surface area (Å²) in [6, 6.07) is 2.74. The molecule has 6 heteroatoms. The van der Waals surface area contributed by atoms with E-state index in [2.05, 4.69) is 0 Å². The Hall–Kier alpha value is -1.46. The highest BCUT2D eigenvalue weighted by Gasteiger charge is 2.26. The lowest BCUT2D eigenvalue weighted by atomic mass is 9.98. The molecule has 0 aromatic heterocycles. The number of carboxylic acids is 1. The van der Waals surface area contributed by atoms with Crippen LogP contribution in [0.15, 0.2) is 12.1 Å². The number of benzene rings is 1. The molecule has 0 amide bonds. The molecule has 0 aliphatic heterocycles. The predicted octanol–water partition coefficient (Wildman–Crippen LogP) is 1.18. The third kappa shape index (κ3) is 2.20. The standard InChI is InChI=1S/C10H12ClNO4/c1-16-9-7(13)3-2-6(11)8(9)5(4-12)10(14)15/h2-3,5,13H,4,12H2,1H3,(H,14,15). The number of carboxylic acid groups (broad SMARTS) is 1. The van der Waals surface area contributed by atoms with Crippen LogP contribution in [-0.4, -0.2) is 29.8 Å². The van der Waals surface area contributed by atoms with Crippen molar-refractivity contribution in [2.24, 2.45) is 5.73 Å². The Labute approximate surface area is 97.4 Å². The topological polar surface area (TPSA) is 92.8 Å². The lowest BCUT2D eigenvalue weighted by Crippen LogP contribution is -2.22. The zero-order chi connectivity index (χ0) is 12.3. The molecule has 1 unspecified atom stereocenters. The fourth-order valence-corrected chi connectivity index (χ4v) is 1.73. The summed E-state index contributed by atoms with van der Waals surface area (Å²) < 4.78 is 4.94. The molecule has 5 nitrogen and oxygen atoms in total. The normalized spacial score (nSPS) is 12.2. The molecular weight excluding hydrogens is 234 g/mol. The predicted molar refractivity (Wildman–Crippen MR) is 59.1 cm³/mol. The van der Waals surface area contributed by atoms with Crippen LogP contribution in [0.1, 0.15) is 11.5 Å².